The van der Waals surface area contributed by atoms with E-state index in [2.05, 4.69) is 15.5 Å². The average molecular weight is 320 g/mol. The first-order valence-electron chi connectivity index (χ1n) is 8.29. The summed E-state index contributed by atoms with van der Waals surface area (Å²) in [7, 11) is 0. The van der Waals surface area contributed by atoms with Gasteiger partial charge >= 0.3 is 0 Å². The fourth-order valence-electron chi connectivity index (χ4n) is 3.19. The minimum atomic E-state index is -0.429. The van der Waals surface area contributed by atoms with Crippen LogP contribution in [-0.4, -0.2) is 10.1 Å². The van der Waals surface area contributed by atoms with Crippen molar-refractivity contribution in [3.8, 4) is 11.5 Å². The second-order valence-electron chi connectivity index (χ2n) is 6.36. The van der Waals surface area contributed by atoms with Crippen molar-refractivity contribution < 1.29 is 4.52 Å². The van der Waals surface area contributed by atoms with E-state index < -0.39 is 5.54 Å². The largest absolute Gasteiger partial charge is 0.356 e. The molecule has 1 aromatic heterocycles. The molecule has 4 rings (SSSR count). The van der Waals surface area contributed by atoms with Crippen molar-refractivity contribution in [2.24, 2.45) is 5.73 Å². The second-order valence-corrected chi connectivity index (χ2v) is 6.36. The summed E-state index contributed by atoms with van der Waals surface area (Å²) in [5, 5.41) is 7.50. The number of rotatable bonds is 4. The summed E-state index contributed by atoms with van der Waals surface area (Å²) in [6, 6.07) is 18.0. The Morgan fingerprint density at radius 2 is 1.71 bits per heavy atom. The van der Waals surface area contributed by atoms with Crippen molar-refractivity contribution in [3.63, 3.8) is 0 Å². The third kappa shape index (κ3) is 2.90. The Bertz CT molecular complexity index is 822. The molecule has 2 aromatic carbocycles. The molecular weight excluding hydrogens is 300 g/mol. The molecule has 0 bridgehead atoms. The van der Waals surface area contributed by atoms with Gasteiger partial charge in [0.05, 0.1) is 5.54 Å². The maximum atomic E-state index is 6.41. The fraction of sp³-hybridized carbons (Fsp3) is 0.263. The highest BCUT2D eigenvalue weighted by atomic mass is 16.5. The van der Waals surface area contributed by atoms with Crippen LogP contribution in [0, 0.1) is 0 Å². The van der Waals surface area contributed by atoms with Gasteiger partial charge in [-0.3, -0.25) is 0 Å². The molecule has 0 saturated heterocycles. The third-order valence-corrected chi connectivity index (χ3v) is 4.54. The van der Waals surface area contributed by atoms with Gasteiger partial charge in [-0.05, 0) is 43.2 Å². The van der Waals surface area contributed by atoms with Gasteiger partial charge in [0, 0.05) is 16.9 Å². The lowest BCUT2D eigenvalue weighted by atomic mass is 9.99. The Labute approximate surface area is 140 Å². The highest BCUT2D eigenvalue weighted by Crippen LogP contribution is 2.35. The van der Waals surface area contributed by atoms with Gasteiger partial charge in [-0.2, -0.15) is 4.98 Å². The Kier molecular flexibility index (Phi) is 3.78. The lowest BCUT2D eigenvalue weighted by molar-refractivity contribution is 0.372. The van der Waals surface area contributed by atoms with Crippen LogP contribution in [0.3, 0.4) is 0 Å². The van der Waals surface area contributed by atoms with Crippen LogP contribution in [-0.2, 0) is 5.54 Å². The van der Waals surface area contributed by atoms with Gasteiger partial charge in [0.25, 0.3) is 5.89 Å². The molecule has 5 nitrogen and oxygen atoms in total. The first-order chi connectivity index (χ1) is 11.7. The van der Waals surface area contributed by atoms with Crippen LogP contribution in [0.1, 0.15) is 31.5 Å². The monoisotopic (exact) mass is 320 g/mol. The Morgan fingerprint density at radius 1 is 0.958 bits per heavy atom. The van der Waals surface area contributed by atoms with E-state index in [1.54, 1.807) is 0 Å². The molecule has 1 fully saturated rings. The maximum absolute atomic E-state index is 6.41. The summed E-state index contributed by atoms with van der Waals surface area (Å²) < 4.78 is 5.46. The SMILES string of the molecule is NC1(c2noc(-c3cccc(Nc4ccccc4)c3)n2)CCCC1. The van der Waals surface area contributed by atoms with E-state index in [9.17, 15) is 0 Å². The molecule has 1 aliphatic carbocycles. The molecule has 1 heterocycles. The predicted octanol–water partition coefficient (Wildman–Crippen LogP) is 4.21. The van der Waals surface area contributed by atoms with E-state index in [1.807, 2.05) is 54.6 Å². The van der Waals surface area contributed by atoms with Crippen LogP contribution in [0.25, 0.3) is 11.5 Å². The Balaban J connectivity index is 1.59. The quantitative estimate of drug-likeness (QED) is 0.753. The van der Waals surface area contributed by atoms with Crippen LogP contribution in [0.15, 0.2) is 59.1 Å². The zero-order valence-corrected chi connectivity index (χ0v) is 13.4. The minimum Gasteiger partial charge on any atom is -0.356 e. The zero-order valence-electron chi connectivity index (χ0n) is 13.4. The van der Waals surface area contributed by atoms with Crippen LogP contribution in [0.2, 0.25) is 0 Å². The Hall–Kier alpha value is -2.66. The van der Waals surface area contributed by atoms with Crippen molar-refractivity contribution in [1.82, 2.24) is 10.1 Å². The number of hydrogen-bond donors (Lipinski definition) is 2. The van der Waals surface area contributed by atoms with E-state index >= 15 is 0 Å². The van der Waals surface area contributed by atoms with Gasteiger partial charge in [0.1, 0.15) is 0 Å². The first-order valence-corrected chi connectivity index (χ1v) is 8.29. The summed E-state index contributed by atoms with van der Waals surface area (Å²) in [6.45, 7) is 0. The molecule has 0 unspecified atom stereocenters. The topological polar surface area (TPSA) is 77.0 Å². The first kappa shape index (κ1) is 14.9. The standard InChI is InChI=1S/C19H20N4O/c20-19(11-4-5-12-19)18-22-17(24-23-18)14-7-6-10-16(13-14)21-15-8-2-1-3-9-15/h1-3,6-10,13,21H,4-5,11-12,20H2. The number of nitrogens with one attached hydrogen (secondary N) is 1. The number of nitrogens with zero attached hydrogens (tertiary/aromatic N) is 2. The van der Waals surface area contributed by atoms with Gasteiger partial charge in [0.2, 0.25) is 0 Å². The average Bonchev–Trinajstić information content (AvgIpc) is 3.26. The zero-order chi connectivity index (χ0) is 16.4. The van der Waals surface area contributed by atoms with Crippen molar-refractivity contribution in [2.45, 2.75) is 31.2 Å². The number of aromatic nitrogens is 2. The molecule has 0 radical (unpaired) electrons. The van der Waals surface area contributed by atoms with E-state index in [1.165, 1.54) is 0 Å². The van der Waals surface area contributed by atoms with Gasteiger partial charge in [-0.15, -0.1) is 0 Å². The van der Waals surface area contributed by atoms with Crippen LogP contribution in [0.5, 0.6) is 0 Å². The molecule has 24 heavy (non-hydrogen) atoms. The van der Waals surface area contributed by atoms with Crippen LogP contribution in [0.4, 0.5) is 11.4 Å². The number of para-hydroxylation sites is 1. The van der Waals surface area contributed by atoms with E-state index in [-0.39, 0.29) is 0 Å². The molecule has 5 heteroatoms. The van der Waals surface area contributed by atoms with Crippen LogP contribution < -0.4 is 11.1 Å². The number of nitrogens with two attached hydrogens (primary N) is 1. The molecule has 1 saturated carbocycles. The lowest BCUT2D eigenvalue weighted by Crippen LogP contribution is -2.34. The number of hydrogen-bond acceptors (Lipinski definition) is 5. The van der Waals surface area contributed by atoms with Gasteiger partial charge < -0.3 is 15.6 Å². The number of anilines is 2. The van der Waals surface area contributed by atoms with Crippen molar-refractivity contribution in [2.75, 3.05) is 5.32 Å². The summed E-state index contributed by atoms with van der Waals surface area (Å²) in [6.07, 6.45) is 4.08. The minimum absolute atomic E-state index is 0.429. The molecule has 3 aromatic rings. The maximum Gasteiger partial charge on any atom is 0.258 e. The second kappa shape index (κ2) is 6.09. The van der Waals surface area contributed by atoms with Gasteiger partial charge in [-0.1, -0.05) is 42.3 Å². The van der Waals surface area contributed by atoms with Gasteiger partial charge in [-0.25, -0.2) is 0 Å². The van der Waals surface area contributed by atoms with Crippen LogP contribution >= 0.6 is 0 Å². The summed E-state index contributed by atoms with van der Waals surface area (Å²) in [5.41, 5.74) is 8.87. The van der Waals surface area contributed by atoms with Crippen molar-refractivity contribution in [3.05, 3.63) is 60.4 Å². The molecule has 3 N–H and O–H groups in total. The third-order valence-electron chi connectivity index (χ3n) is 4.54. The molecule has 0 aliphatic heterocycles. The lowest BCUT2D eigenvalue weighted by Gasteiger charge is -2.17. The van der Waals surface area contributed by atoms with Crippen molar-refractivity contribution in [1.29, 1.82) is 0 Å². The highest BCUT2D eigenvalue weighted by molar-refractivity contribution is 5.66. The Morgan fingerprint density at radius 3 is 2.50 bits per heavy atom. The molecular formula is C19H20N4O. The van der Waals surface area contributed by atoms with Gasteiger partial charge in [0.15, 0.2) is 5.82 Å². The highest BCUT2D eigenvalue weighted by Gasteiger charge is 2.36. The summed E-state index contributed by atoms with van der Waals surface area (Å²) in [5.74, 6) is 1.13. The molecule has 122 valence electrons. The smallest absolute Gasteiger partial charge is 0.258 e. The number of benzene rings is 2. The van der Waals surface area contributed by atoms with E-state index in [4.69, 9.17) is 10.3 Å². The van der Waals surface area contributed by atoms with Crippen molar-refractivity contribution >= 4 is 11.4 Å². The fourth-order valence-corrected chi connectivity index (χ4v) is 3.19. The predicted molar refractivity (Wildman–Crippen MR) is 93.8 cm³/mol. The molecule has 0 atom stereocenters. The van der Waals surface area contributed by atoms with E-state index in [0.717, 1.165) is 42.6 Å². The van der Waals surface area contributed by atoms with E-state index in [0.29, 0.717) is 11.7 Å². The summed E-state index contributed by atoms with van der Waals surface area (Å²) >= 11 is 0. The molecule has 0 amide bonds. The molecule has 1 aliphatic rings. The molecule has 0 spiro atoms. The normalized spacial score (nSPS) is 16.2. The summed E-state index contributed by atoms with van der Waals surface area (Å²) in [4.78, 5) is 4.55.